The third-order valence-electron chi connectivity index (χ3n) is 3.55. The number of benzene rings is 2. The normalized spacial score (nSPS) is 12.5. The second kappa shape index (κ2) is 7.10. The van der Waals surface area contributed by atoms with Crippen molar-refractivity contribution in [2.45, 2.75) is 19.0 Å². The topological polar surface area (TPSA) is 72.2 Å². The molecule has 25 heavy (non-hydrogen) atoms. The monoisotopic (exact) mass is 372 g/mol. The summed E-state index contributed by atoms with van der Waals surface area (Å²) in [5.41, 5.74) is -0.742. The summed E-state index contributed by atoms with van der Waals surface area (Å²) in [6, 6.07) is 7.94. The molecule has 0 aliphatic carbocycles. The fourth-order valence-electron chi connectivity index (χ4n) is 2.07. The number of amides is 1. The van der Waals surface area contributed by atoms with Gasteiger partial charge in [-0.2, -0.15) is 13.2 Å². The van der Waals surface area contributed by atoms with E-state index in [1.165, 1.54) is 31.2 Å². The summed E-state index contributed by atoms with van der Waals surface area (Å²) in [4.78, 5) is 22.3. The van der Waals surface area contributed by atoms with Crippen LogP contribution in [-0.4, -0.2) is 10.8 Å². The molecule has 0 spiro atoms. The zero-order chi connectivity index (χ0) is 18.8. The van der Waals surface area contributed by atoms with Crippen LogP contribution < -0.4 is 5.32 Å². The predicted octanol–water partition coefficient (Wildman–Crippen LogP) is 5.01. The number of carbonyl (C=O) groups is 1. The van der Waals surface area contributed by atoms with Crippen LogP contribution in [0.5, 0.6) is 0 Å². The highest BCUT2D eigenvalue weighted by Crippen LogP contribution is 2.34. The largest absolute Gasteiger partial charge is 0.416 e. The molecule has 0 radical (unpaired) electrons. The number of hydrogen-bond donors (Lipinski definition) is 1. The molecule has 0 saturated carbocycles. The van der Waals surface area contributed by atoms with Crippen molar-refractivity contribution < 1.29 is 22.9 Å². The SMILES string of the molecule is CC(C(=O)Nc1cc(C(F)(F)F)ccc1Cl)c1ccc([N+](=O)[O-])cc1. The van der Waals surface area contributed by atoms with Crippen LogP contribution in [0.3, 0.4) is 0 Å². The first-order valence-electron chi connectivity index (χ1n) is 7.01. The summed E-state index contributed by atoms with van der Waals surface area (Å²) in [7, 11) is 0. The summed E-state index contributed by atoms with van der Waals surface area (Å²) in [5.74, 6) is -1.33. The zero-order valence-electron chi connectivity index (χ0n) is 12.8. The predicted molar refractivity (Wildman–Crippen MR) is 86.6 cm³/mol. The van der Waals surface area contributed by atoms with Gasteiger partial charge < -0.3 is 5.32 Å². The molecule has 0 aliphatic heterocycles. The molecule has 0 aliphatic rings. The van der Waals surface area contributed by atoms with E-state index in [2.05, 4.69) is 5.32 Å². The molecular formula is C16H12ClF3N2O3. The summed E-state index contributed by atoms with van der Waals surface area (Å²) >= 11 is 5.84. The number of nitro groups is 1. The maximum Gasteiger partial charge on any atom is 0.416 e. The lowest BCUT2D eigenvalue weighted by atomic mass is 10.00. The number of rotatable bonds is 4. The van der Waals surface area contributed by atoms with Crippen molar-refractivity contribution in [2.75, 3.05) is 5.32 Å². The van der Waals surface area contributed by atoms with Crippen LogP contribution in [0.25, 0.3) is 0 Å². The van der Waals surface area contributed by atoms with Gasteiger partial charge in [0.1, 0.15) is 0 Å². The van der Waals surface area contributed by atoms with Crippen LogP contribution >= 0.6 is 11.6 Å². The van der Waals surface area contributed by atoms with E-state index in [1.807, 2.05) is 0 Å². The maximum absolute atomic E-state index is 12.8. The van der Waals surface area contributed by atoms with Gasteiger partial charge in [0.2, 0.25) is 5.91 Å². The van der Waals surface area contributed by atoms with Crippen molar-refractivity contribution in [3.8, 4) is 0 Å². The molecule has 2 aromatic carbocycles. The molecule has 0 aromatic heterocycles. The number of hydrogen-bond acceptors (Lipinski definition) is 3. The van der Waals surface area contributed by atoms with Gasteiger partial charge in [-0.1, -0.05) is 23.7 Å². The Kier molecular flexibility index (Phi) is 5.32. The minimum absolute atomic E-state index is 0.0303. The van der Waals surface area contributed by atoms with Gasteiger partial charge >= 0.3 is 6.18 Å². The molecule has 0 fully saturated rings. The quantitative estimate of drug-likeness (QED) is 0.605. The van der Waals surface area contributed by atoms with E-state index in [-0.39, 0.29) is 16.4 Å². The lowest BCUT2D eigenvalue weighted by Gasteiger charge is -2.15. The highest BCUT2D eigenvalue weighted by Gasteiger charge is 2.31. The van der Waals surface area contributed by atoms with Crippen molar-refractivity contribution in [2.24, 2.45) is 0 Å². The molecule has 1 N–H and O–H groups in total. The van der Waals surface area contributed by atoms with Crippen molar-refractivity contribution in [1.29, 1.82) is 0 Å². The maximum atomic E-state index is 12.8. The van der Waals surface area contributed by atoms with Crippen molar-refractivity contribution in [3.05, 3.63) is 68.7 Å². The molecule has 1 amide bonds. The van der Waals surface area contributed by atoms with Crippen molar-refractivity contribution >= 4 is 28.9 Å². The number of carbonyl (C=O) groups excluding carboxylic acids is 1. The van der Waals surface area contributed by atoms with Gasteiger partial charge in [-0.3, -0.25) is 14.9 Å². The summed E-state index contributed by atoms with van der Waals surface area (Å²) < 4.78 is 38.3. The fraction of sp³-hybridized carbons (Fsp3) is 0.188. The Labute approximate surface area is 145 Å². The number of nitrogens with one attached hydrogen (secondary N) is 1. The van der Waals surface area contributed by atoms with Gasteiger partial charge in [0.05, 0.1) is 27.1 Å². The second-order valence-corrected chi connectivity index (χ2v) is 5.66. The molecule has 9 heteroatoms. The van der Waals surface area contributed by atoms with Crippen molar-refractivity contribution in [1.82, 2.24) is 0 Å². The average molecular weight is 373 g/mol. The molecule has 0 heterocycles. The minimum Gasteiger partial charge on any atom is -0.324 e. The third-order valence-corrected chi connectivity index (χ3v) is 3.88. The Hall–Kier alpha value is -2.61. The lowest BCUT2D eigenvalue weighted by Crippen LogP contribution is -2.19. The molecule has 1 unspecified atom stereocenters. The molecule has 0 bridgehead atoms. The smallest absolute Gasteiger partial charge is 0.324 e. The fourth-order valence-corrected chi connectivity index (χ4v) is 2.24. The van der Waals surface area contributed by atoms with Crippen LogP contribution in [0.1, 0.15) is 24.0 Å². The van der Waals surface area contributed by atoms with Gasteiger partial charge in [0, 0.05) is 12.1 Å². The molecule has 132 valence electrons. The first-order valence-corrected chi connectivity index (χ1v) is 7.39. The Balaban J connectivity index is 2.20. The molecule has 0 saturated heterocycles. The summed E-state index contributed by atoms with van der Waals surface area (Å²) in [6.07, 6.45) is -4.56. The molecule has 2 rings (SSSR count). The average Bonchev–Trinajstić information content (AvgIpc) is 2.55. The minimum atomic E-state index is -4.56. The number of non-ortho nitro benzene ring substituents is 1. The molecule has 2 aromatic rings. The van der Waals surface area contributed by atoms with Crippen LogP contribution in [0.15, 0.2) is 42.5 Å². The first-order chi connectivity index (χ1) is 11.6. The van der Waals surface area contributed by atoms with E-state index >= 15 is 0 Å². The number of nitro benzene ring substituents is 1. The van der Waals surface area contributed by atoms with E-state index in [4.69, 9.17) is 11.6 Å². The Morgan fingerprint density at radius 1 is 1.20 bits per heavy atom. The standard InChI is InChI=1S/C16H12ClF3N2O3/c1-9(10-2-5-12(6-3-10)22(24)25)15(23)21-14-8-11(16(18,19)20)4-7-13(14)17/h2-9H,1H3,(H,21,23). The Morgan fingerprint density at radius 3 is 2.32 bits per heavy atom. The highest BCUT2D eigenvalue weighted by atomic mass is 35.5. The lowest BCUT2D eigenvalue weighted by molar-refractivity contribution is -0.384. The Morgan fingerprint density at radius 2 is 1.80 bits per heavy atom. The number of alkyl halides is 3. The van der Waals surface area contributed by atoms with Gasteiger partial charge in [0.25, 0.3) is 5.69 Å². The van der Waals surface area contributed by atoms with E-state index in [0.29, 0.717) is 5.56 Å². The van der Waals surface area contributed by atoms with E-state index < -0.39 is 28.5 Å². The number of nitrogens with zero attached hydrogens (tertiary/aromatic N) is 1. The number of anilines is 1. The van der Waals surface area contributed by atoms with Gasteiger partial charge in [-0.05, 0) is 30.7 Å². The Bertz CT molecular complexity index is 807. The number of halogens is 4. The van der Waals surface area contributed by atoms with Crippen LogP contribution in [-0.2, 0) is 11.0 Å². The molecule has 1 atom stereocenters. The third kappa shape index (κ3) is 4.48. The van der Waals surface area contributed by atoms with Crippen LogP contribution in [0.4, 0.5) is 24.5 Å². The van der Waals surface area contributed by atoms with Gasteiger partial charge in [-0.15, -0.1) is 0 Å². The molecule has 5 nitrogen and oxygen atoms in total. The van der Waals surface area contributed by atoms with Crippen LogP contribution in [0, 0.1) is 10.1 Å². The van der Waals surface area contributed by atoms with Crippen molar-refractivity contribution in [3.63, 3.8) is 0 Å². The summed E-state index contributed by atoms with van der Waals surface area (Å²) in [5, 5.41) is 13.0. The second-order valence-electron chi connectivity index (χ2n) is 5.25. The van der Waals surface area contributed by atoms with E-state index in [9.17, 15) is 28.1 Å². The highest BCUT2D eigenvalue weighted by molar-refractivity contribution is 6.33. The van der Waals surface area contributed by atoms with Crippen LogP contribution in [0.2, 0.25) is 5.02 Å². The molecular weight excluding hydrogens is 361 g/mol. The van der Waals surface area contributed by atoms with Gasteiger partial charge in [-0.25, -0.2) is 0 Å². The zero-order valence-corrected chi connectivity index (χ0v) is 13.6. The van der Waals surface area contributed by atoms with E-state index in [1.54, 1.807) is 0 Å². The summed E-state index contributed by atoms with van der Waals surface area (Å²) in [6.45, 7) is 1.53. The van der Waals surface area contributed by atoms with E-state index in [0.717, 1.165) is 18.2 Å². The van der Waals surface area contributed by atoms with Gasteiger partial charge in [0.15, 0.2) is 0 Å². The first kappa shape index (κ1) is 18.7.